The quantitative estimate of drug-likeness (QED) is 0.924. The van der Waals surface area contributed by atoms with E-state index < -0.39 is 0 Å². The highest BCUT2D eigenvalue weighted by Gasteiger charge is 2.30. The molecule has 0 radical (unpaired) electrons. The fraction of sp³-hybridized carbons (Fsp3) is 0.308. The lowest BCUT2D eigenvalue weighted by molar-refractivity contribution is 0.630. The van der Waals surface area contributed by atoms with Gasteiger partial charge < -0.3 is 5.73 Å². The first-order valence-corrected chi connectivity index (χ1v) is 7.45. The van der Waals surface area contributed by atoms with Crippen molar-refractivity contribution in [3.63, 3.8) is 0 Å². The lowest BCUT2D eigenvalue weighted by Gasteiger charge is -2.01. The third-order valence-electron chi connectivity index (χ3n) is 3.05. The fourth-order valence-corrected chi connectivity index (χ4v) is 3.74. The number of nitrogens with two attached hydrogens (primary N) is 1. The summed E-state index contributed by atoms with van der Waals surface area (Å²) in [7, 11) is 0. The molecule has 1 aliphatic carbocycles. The summed E-state index contributed by atoms with van der Waals surface area (Å²) in [6.45, 7) is 0.482. The SMILES string of the molecule is NCc1sc(-c2c(F)cccc2Br)nc1C1CC1. The number of thiazole rings is 1. The van der Waals surface area contributed by atoms with Gasteiger partial charge in [0.25, 0.3) is 0 Å². The zero-order valence-electron chi connectivity index (χ0n) is 9.62. The first kappa shape index (κ1) is 12.3. The summed E-state index contributed by atoms with van der Waals surface area (Å²) in [6.07, 6.45) is 2.35. The van der Waals surface area contributed by atoms with Crippen LogP contribution in [0, 0.1) is 5.82 Å². The second-order valence-electron chi connectivity index (χ2n) is 4.40. The van der Waals surface area contributed by atoms with Gasteiger partial charge in [0.2, 0.25) is 0 Å². The predicted octanol–water partition coefficient (Wildman–Crippen LogP) is 4.05. The minimum atomic E-state index is -0.246. The van der Waals surface area contributed by atoms with Gasteiger partial charge in [0, 0.05) is 21.8 Å². The van der Waals surface area contributed by atoms with E-state index in [9.17, 15) is 4.39 Å². The molecule has 2 N–H and O–H groups in total. The molecular weight excluding hydrogens is 315 g/mol. The average Bonchev–Trinajstić information content (AvgIpc) is 3.10. The molecule has 0 aliphatic heterocycles. The second-order valence-corrected chi connectivity index (χ2v) is 6.34. The number of halogens is 2. The topological polar surface area (TPSA) is 38.9 Å². The van der Waals surface area contributed by atoms with Crippen molar-refractivity contribution < 1.29 is 4.39 Å². The molecule has 94 valence electrons. The Balaban J connectivity index is 2.11. The molecule has 1 aromatic carbocycles. The van der Waals surface area contributed by atoms with Crippen LogP contribution in [0.3, 0.4) is 0 Å². The molecule has 0 bridgehead atoms. The van der Waals surface area contributed by atoms with E-state index in [1.807, 2.05) is 6.07 Å². The van der Waals surface area contributed by atoms with Crippen molar-refractivity contribution in [1.29, 1.82) is 0 Å². The molecule has 18 heavy (non-hydrogen) atoms. The standard InChI is InChI=1S/C13H12BrFN2S/c14-8-2-1-3-9(15)11(8)13-17-12(7-4-5-7)10(6-16)18-13/h1-3,7H,4-6,16H2. The van der Waals surface area contributed by atoms with Gasteiger partial charge in [0.1, 0.15) is 10.8 Å². The molecule has 1 heterocycles. The predicted molar refractivity (Wildman–Crippen MR) is 75.1 cm³/mol. The minimum Gasteiger partial charge on any atom is -0.326 e. The van der Waals surface area contributed by atoms with E-state index in [1.54, 1.807) is 6.07 Å². The highest BCUT2D eigenvalue weighted by atomic mass is 79.9. The average molecular weight is 327 g/mol. The van der Waals surface area contributed by atoms with Gasteiger partial charge in [-0.2, -0.15) is 0 Å². The van der Waals surface area contributed by atoms with Gasteiger partial charge in [0.15, 0.2) is 0 Å². The maximum absolute atomic E-state index is 13.9. The van der Waals surface area contributed by atoms with Crippen LogP contribution in [0.4, 0.5) is 4.39 Å². The third-order valence-corrected chi connectivity index (χ3v) is 4.83. The molecule has 5 heteroatoms. The van der Waals surface area contributed by atoms with E-state index in [-0.39, 0.29) is 5.82 Å². The second kappa shape index (κ2) is 4.72. The van der Waals surface area contributed by atoms with Crippen LogP contribution in [0.15, 0.2) is 22.7 Å². The highest BCUT2D eigenvalue weighted by Crippen LogP contribution is 2.45. The first-order chi connectivity index (χ1) is 8.70. The van der Waals surface area contributed by atoms with E-state index in [1.165, 1.54) is 30.2 Å². The van der Waals surface area contributed by atoms with Crippen LogP contribution >= 0.6 is 27.3 Å². The third kappa shape index (κ3) is 2.11. The summed E-state index contributed by atoms with van der Waals surface area (Å²) in [6, 6.07) is 4.97. The molecule has 0 atom stereocenters. The molecule has 3 rings (SSSR count). The van der Waals surface area contributed by atoms with Crippen molar-refractivity contribution in [2.75, 3.05) is 0 Å². The highest BCUT2D eigenvalue weighted by molar-refractivity contribution is 9.10. The summed E-state index contributed by atoms with van der Waals surface area (Å²) in [4.78, 5) is 5.69. The van der Waals surface area contributed by atoms with Gasteiger partial charge in [-0.3, -0.25) is 0 Å². The van der Waals surface area contributed by atoms with Gasteiger partial charge in [-0.25, -0.2) is 9.37 Å². The zero-order chi connectivity index (χ0) is 12.7. The Kier molecular flexibility index (Phi) is 3.21. The number of benzene rings is 1. The molecule has 0 saturated heterocycles. The number of rotatable bonds is 3. The molecule has 0 amide bonds. The summed E-state index contributed by atoms with van der Waals surface area (Å²) >= 11 is 4.89. The number of hydrogen-bond acceptors (Lipinski definition) is 3. The first-order valence-electron chi connectivity index (χ1n) is 5.84. The van der Waals surface area contributed by atoms with Crippen LogP contribution in [-0.2, 0) is 6.54 Å². The molecule has 2 aromatic rings. The maximum Gasteiger partial charge on any atom is 0.134 e. The van der Waals surface area contributed by atoms with Crippen LogP contribution in [0.2, 0.25) is 0 Å². The molecule has 1 fully saturated rings. The summed E-state index contributed by atoms with van der Waals surface area (Å²) in [5, 5.41) is 0.724. The monoisotopic (exact) mass is 326 g/mol. The molecule has 0 spiro atoms. The van der Waals surface area contributed by atoms with Crippen molar-refractivity contribution in [3.8, 4) is 10.6 Å². The Morgan fingerprint density at radius 2 is 2.22 bits per heavy atom. The summed E-state index contributed by atoms with van der Waals surface area (Å²) in [5.74, 6) is 0.295. The lowest BCUT2D eigenvalue weighted by atomic mass is 10.2. The molecule has 1 aliphatic rings. The lowest BCUT2D eigenvalue weighted by Crippen LogP contribution is -1.96. The van der Waals surface area contributed by atoms with Crippen LogP contribution in [0.25, 0.3) is 10.6 Å². The molecular formula is C13H12BrFN2S. The van der Waals surface area contributed by atoms with Crippen molar-refractivity contribution in [3.05, 3.63) is 39.1 Å². The normalized spacial score (nSPS) is 15.1. The van der Waals surface area contributed by atoms with E-state index in [0.717, 1.165) is 20.1 Å². The Labute approximate surface area is 117 Å². The molecule has 1 saturated carbocycles. The zero-order valence-corrected chi connectivity index (χ0v) is 12.0. The maximum atomic E-state index is 13.9. The van der Waals surface area contributed by atoms with E-state index in [2.05, 4.69) is 20.9 Å². The Bertz CT molecular complexity index is 572. The number of hydrogen-bond donors (Lipinski definition) is 1. The largest absolute Gasteiger partial charge is 0.326 e. The van der Waals surface area contributed by atoms with Crippen molar-refractivity contribution in [2.24, 2.45) is 5.73 Å². The van der Waals surface area contributed by atoms with Gasteiger partial charge in [0.05, 0.1) is 11.3 Å². The van der Waals surface area contributed by atoms with Gasteiger partial charge in [-0.05, 0) is 40.9 Å². The smallest absolute Gasteiger partial charge is 0.134 e. The molecule has 1 aromatic heterocycles. The Hall–Kier alpha value is -0.780. The summed E-state index contributed by atoms with van der Waals surface area (Å²) in [5.41, 5.74) is 7.37. The van der Waals surface area contributed by atoms with E-state index >= 15 is 0 Å². The van der Waals surface area contributed by atoms with Crippen LogP contribution < -0.4 is 5.73 Å². The van der Waals surface area contributed by atoms with Crippen LogP contribution in [-0.4, -0.2) is 4.98 Å². The minimum absolute atomic E-state index is 0.246. The van der Waals surface area contributed by atoms with Gasteiger partial charge in [-0.15, -0.1) is 11.3 Å². The van der Waals surface area contributed by atoms with Crippen LogP contribution in [0.1, 0.15) is 29.3 Å². The van der Waals surface area contributed by atoms with E-state index in [0.29, 0.717) is 18.0 Å². The van der Waals surface area contributed by atoms with E-state index in [4.69, 9.17) is 5.73 Å². The Morgan fingerprint density at radius 1 is 1.44 bits per heavy atom. The summed E-state index contributed by atoms with van der Waals surface area (Å²) < 4.78 is 14.6. The number of nitrogens with zero attached hydrogens (tertiary/aromatic N) is 1. The Morgan fingerprint density at radius 3 is 2.83 bits per heavy atom. The van der Waals surface area contributed by atoms with Crippen molar-refractivity contribution in [2.45, 2.75) is 25.3 Å². The molecule has 2 nitrogen and oxygen atoms in total. The van der Waals surface area contributed by atoms with Crippen molar-refractivity contribution >= 4 is 27.3 Å². The van der Waals surface area contributed by atoms with Gasteiger partial charge in [-0.1, -0.05) is 6.07 Å². The van der Waals surface area contributed by atoms with Crippen molar-refractivity contribution in [1.82, 2.24) is 4.98 Å². The fourth-order valence-electron chi connectivity index (χ4n) is 1.99. The van der Waals surface area contributed by atoms with Gasteiger partial charge >= 0.3 is 0 Å². The van der Waals surface area contributed by atoms with Crippen LogP contribution in [0.5, 0.6) is 0 Å². The number of aromatic nitrogens is 1. The molecule has 0 unspecified atom stereocenters.